The van der Waals surface area contributed by atoms with Gasteiger partial charge in [0.15, 0.2) is 0 Å². The molecule has 6 heteroatoms. The number of likely N-dealkylation sites (tertiary alicyclic amines) is 1. The van der Waals surface area contributed by atoms with Gasteiger partial charge in [-0.2, -0.15) is 0 Å². The number of carbonyl (C=O) groups excluding carboxylic acids is 1. The van der Waals surface area contributed by atoms with Gasteiger partial charge in [0.1, 0.15) is 0 Å². The molecule has 1 aliphatic heterocycles. The molecule has 1 aliphatic rings. The number of halogens is 1. The molecule has 0 bridgehead atoms. The molecular weight excluding hydrogens is 318 g/mol. The summed E-state index contributed by atoms with van der Waals surface area (Å²) in [5.74, 6) is -1.61. The van der Waals surface area contributed by atoms with E-state index in [2.05, 4.69) is 15.9 Å². The zero-order chi connectivity index (χ0) is 13.4. The van der Waals surface area contributed by atoms with Crippen LogP contribution in [0.2, 0.25) is 0 Å². The van der Waals surface area contributed by atoms with E-state index in [0.717, 1.165) is 14.2 Å². The topological polar surface area (TPSA) is 57.6 Å². The maximum atomic E-state index is 11.9. The number of carboxylic acid groups (broad SMARTS) is 1. The van der Waals surface area contributed by atoms with E-state index in [9.17, 15) is 14.7 Å². The van der Waals surface area contributed by atoms with Crippen molar-refractivity contribution in [3.05, 3.63) is 20.3 Å². The first-order valence-corrected chi connectivity index (χ1v) is 7.34. The number of carbonyl (C=O) groups is 2. The Morgan fingerprint density at radius 1 is 1.67 bits per heavy atom. The SMILES string of the molecule is CCN1C(=O)CC(C(=O)O)C1c1cc(Br)c(C)s1. The van der Waals surface area contributed by atoms with E-state index >= 15 is 0 Å². The van der Waals surface area contributed by atoms with Gasteiger partial charge in [-0.25, -0.2) is 0 Å². The monoisotopic (exact) mass is 331 g/mol. The second-order valence-corrected chi connectivity index (χ2v) is 6.47. The van der Waals surface area contributed by atoms with Crippen LogP contribution in [-0.2, 0) is 9.59 Å². The van der Waals surface area contributed by atoms with E-state index in [1.54, 1.807) is 16.2 Å². The molecule has 0 aromatic carbocycles. The van der Waals surface area contributed by atoms with Crippen molar-refractivity contribution in [3.8, 4) is 0 Å². The molecule has 1 aromatic rings. The number of hydrogen-bond acceptors (Lipinski definition) is 3. The molecule has 1 N–H and O–H groups in total. The number of aryl methyl sites for hydroxylation is 1. The highest BCUT2D eigenvalue weighted by Gasteiger charge is 2.44. The summed E-state index contributed by atoms with van der Waals surface area (Å²) in [5.41, 5.74) is 0. The molecule has 0 radical (unpaired) electrons. The number of rotatable bonds is 3. The van der Waals surface area contributed by atoms with E-state index in [0.29, 0.717) is 6.54 Å². The van der Waals surface area contributed by atoms with Gasteiger partial charge in [-0.3, -0.25) is 9.59 Å². The molecule has 2 heterocycles. The lowest BCUT2D eigenvalue weighted by Crippen LogP contribution is -2.29. The Morgan fingerprint density at radius 2 is 2.33 bits per heavy atom. The van der Waals surface area contributed by atoms with Crippen molar-refractivity contribution in [3.63, 3.8) is 0 Å². The molecule has 1 fully saturated rings. The van der Waals surface area contributed by atoms with Gasteiger partial charge >= 0.3 is 5.97 Å². The third-order valence-electron chi connectivity index (χ3n) is 3.26. The molecule has 18 heavy (non-hydrogen) atoms. The fourth-order valence-corrected chi connectivity index (χ4v) is 4.10. The van der Waals surface area contributed by atoms with Crippen LogP contribution in [0, 0.1) is 12.8 Å². The van der Waals surface area contributed by atoms with E-state index < -0.39 is 11.9 Å². The highest BCUT2D eigenvalue weighted by Crippen LogP contribution is 2.42. The molecule has 0 spiro atoms. The van der Waals surface area contributed by atoms with Gasteiger partial charge in [0.25, 0.3) is 0 Å². The summed E-state index contributed by atoms with van der Waals surface area (Å²) in [7, 11) is 0. The predicted octanol–water partition coefficient (Wildman–Crippen LogP) is 2.81. The zero-order valence-corrected chi connectivity index (χ0v) is 12.5. The quantitative estimate of drug-likeness (QED) is 0.926. The van der Waals surface area contributed by atoms with Gasteiger partial charge in [0.2, 0.25) is 5.91 Å². The van der Waals surface area contributed by atoms with Crippen molar-refractivity contribution in [1.29, 1.82) is 0 Å². The largest absolute Gasteiger partial charge is 0.481 e. The van der Waals surface area contributed by atoms with Gasteiger partial charge in [0, 0.05) is 27.2 Å². The molecule has 2 unspecified atom stereocenters. The molecule has 2 rings (SSSR count). The summed E-state index contributed by atoms with van der Waals surface area (Å²) in [5, 5.41) is 9.27. The molecule has 1 aromatic heterocycles. The lowest BCUT2D eigenvalue weighted by atomic mass is 9.99. The number of amides is 1. The van der Waals surface area contributed by atoms with Crippen LogP contribution in [0.15, 0.2) is 10.5 Å². The Balaban J connectivity index is 2.42. The third-order valence-corrected chi connectivity index (χ3v) is 5.46. The van der Waals surface area contributed by atoms with Crippen molar-refractivity contribution in [2.75, 3.05) is 6.54 Å². The minimum absolute atomic E-state index is 0.0722. The Labute approximate surface area is 118 Å². The summed E-state index contributed by atoms with van der Waals surface area (Å²) in [6.07, 6.45) is 0.0996. The molecule has 98 valence electrons. The van der Waals surface area contributed by atoms with Crippen LogP contribution in [0.3, 0.4) is 0 Å². The normalized spacial score (nSPS) is 23.7. The Kier molecular flexibility index (Phi) is 3.77. The first kappa shape index (κ1) is 13.5. The Morgan fingerprint density at radius 3 is 2.78 bits per heavy atom. The van der Waals surface area contributed by atoms with Crippen LogP contribution in [-0.4, -0.2) is 28.4 Å². The average Bonchev–Trinajstić information content (AvgIpc) is 2.80. The fourth-order valence-electron chi connectivity index (χ4n) is 2.36. The van der Waals surface area contributed by atoms with Gasteiger partial charge in [-0.15, -0.1) is 11.3 Å². The summed E-state index contributed by atoms with van der Waals surface area (Å²) in [6, 6.07) is 1.61. The number of thiophene rings is 1. The predicted molar refractivity (Wildman–Crippen MR) is 72.6 cm³/mol. The van der Waals surface area contributed by atoms with E-state index in [-0.39, 0.29) is 18.4 Å². The highest BCUT2D eigenvalue weighted by atomic mass is 79.9. The van der Waals surface area contributed by atoms with Crippen molar-refractivity contribution in [1.82, 2.24) is 4.90 Å². The third kappa shape index (κ3) is 2.19. The first-order valence-electron chi connectivity index (χ1n) is 5.73. The van der Waals surface area contributed by atoms with Crippen LogP contribution in [0.25, 0.3) is 0 Å². The minimum atomic E-state index is -0.897. The second kappa shape index (κ2) is 5.01. The van der Waals surface area contributed by atoms with E-state index in [1.807, 2.05) is 19.9 Å². The Bertz CT molecular complexity index is 480. The maximum Gasteiger partial charge on any atom is 0.309 e. The summed E-state index contributed by atoms with van der Waals surface area (Å²) >= 11 is 4.99. The van der Waals surface area contributed by atoms with Crippen molar-refractivity contribution in [2.45, 2.75) is 26.3 Å². The second-order valence-electron chi connectivity index (χ2n) is 4.33. The smallest absolute Gasteiger partial charge is 0.309 e. The lowest BCUT2D eigenvalue weighted by Gasteiger charge is -2.24. The maximum absolute atomic E-state index is 11.9. The van der Waals surface area contributed by atoms with Gasteiger partial charge < -0.3 is 10.0 Å². The van der Waals surface area contributed by atoms with Crippen LogP contribution >= 0.6 is 27.3 Å². The van der Waals surface area contributed by atoms with Crippen molar-refractivity contribution >= 4 is 39.1 Å². The molecule has 1 saturated heterocycles. The van der Waals surface area contributed by atoms with Crippen molar-refractivity contribution in [2.24, 2.45) is 5.92 Å². The number of hydrogen-bond donors (Lipinski definition) is 1. The standard InChI is InChI=1S/C12H14BrNO3S/c1-3-14-10(15)4-7(12(16)17)11(14)9-5-8(13)6(2)18-9/h5,7,11H,3-4H2,1-2H3,(H,16,17). The van der Waals surface area contributed by atoms with E-state index in [1.165, 1.54) is 0 Å². The van der Waals surface area contributed by atoms with Crippen LogP contribution in [0.5, 0.6) is 0 Å². The summed E-state index contributed by atoms with van der Waals surface area (Å²) in [6.45, 7) is 4.40. The molecule has 0 saturated carbocycles. The lowest BCUT2D eigenvalue weighted by molar-refractivity contribution is -0.142. The van der Waals surface area contributed by atoms with E-state index in [4.69, 9.17) is 0 Å². The van der Waals surface area contributed by atoms with Gasteiger partial charge in [0.05, 0.1) is 12.0 Å². The molecule has 1 amide bonds. The minimum Gasteiger partial charge on any atom is -0.481 e. The van der Waals surface area contributed by atoms with Crippen molar-refractivity contribution < 1.29 is 14.7 Å². The average molecular weight is 332 g/mol. The zero-order valence-electron chi connectivity index (χ0n) is 10.1. The fraction of sp³-hybridized carbons (Fsp3) is 0.500. The number of carboxylic acids is 1. The highest BCUT2D eigenvalue weighted by molar-refractivity contribution is 9.10. The van der Waals surface area contributed by atoms with Crippen LogP contribution in [0.4, 0.5) is 0 Å². The van der Waals surface area contributed by atoms with Gasteiger partial charge in [-0.05, 0) is 35.8 Å². The summed E-state index contributed by atoms with van der Waals surface area (Å²) in [4.78, 5) is 26.9. The Hall–Kier alpha value is -0.880. The number of aliphatic carboxylic acids is 1. The molecular formula is C12H14BrNO3S. The van der Waals surface area contributed by atoms with Crippen LogP contribution in [0.1, 0.15) is 29.1 Å². The van der Waals surface area contributed by atoms with Crippen LogP contribution < -0.4 is 0 Å². The summed E-state index contributed by atoms with van der Waals surface area (Å²) < 4.78 is 0.974. The molecule has 0 aliphatic carbocycles. The molecule has 4 nitrogen and oxygen atoms in total. The number of nitrogens with zero attached hydrogens (tertiary/aromatic N) is 1. The molecule has 2 atom stereocenters. The first-order chi connectivity index (χ1) is 8.45. The van der Waals surface area contributed by atoms with Gasteiger partial charge in [-0.1, -0.05) is 0 Å².